The number of carbonyl (C=O) groups is 2. The third-order valence-electron chi connectivity index (χ3n) is 4.96. The van der Waals surface area contributed by atoms with Crippen LogP contribution in [0.2, 0.25) is 0 Å². The van der Waals surface area contributed by atoms with Crippen LogP contribution >= 0.6 is 0 Å². The van der Waals surface area contributed by atoms with Gasteiger partial charge < -0.3 is 20.9 Å². The zero-order valence-electron chi connectivity index (χ0n) is 17.2. The van der Waals surface area contributed by atoms with Crippen molar-refractivity contribution in [3.05, 3.63) is 53.6 Å². The van der Waals surface area contributed by atoms with Gasteiger partial charge in [-0.2, -0.15) is 13.2 Å². The molecule has 0 radical (unpaired) electrons. The summed E-state index contributed by atoms with van der Waals surface area (Å²) >= 11 is 0. The van der Waals surface area contributed by atoms with E-state index in [1.807, 2.05) is 6.92 Å². The summed E-state index contributed by atoms with van der Waals surface area (Å²) in [5.41, 5.74) is 0.228. The number of rotatable bonds is 6. The van der Waals surface area contributed by atoms with Crippen LogP contribution in [0.5, 0.6) is 0 Å². The predicted octanol–water partition coefficient (Wildman–Crippen LogP) is 5.09. The highest BCUT2D eigenvalue weighted by Gasteiger charge is 2.33. The number of urea groups is 1. The number of hydrogen-bond acceptors (Lipinski definition) is 3. The summed E-state index contributed by atoms with van der Waals surface area (Å²) in [6, 6.07) is 8.86. The van der Waals surface area contributed by atoms with Gasteiger partial charge in [0.2, 0.25) is 0 Å². The van der Waals surface area contributed by atoms with Gasteiger partial charge in [0.05, 0.1) is 16.8 Å². The van der Waals surface area contributed by atoms with Crippen LogP contribution in [0.25, 0.3) is 0 Å². The molecule has 0 aliphatic carbocycles. The first-order valence-electron chi connectivity index (χ1n) is 10.2. The number of anilines is 3. The lowest BCUT2D eigenvalue weighted by Crippen LogP contribution is -2.28. The third kappa shape index (κ3) is 5.68. The van der Waals surface area contributed by atoms with Crippen LogP contribution in [0.3, 0.4) is 0 Å². The SMILES string of the molecule is CCCNC(=O)c1cc(NC(=O)Nc2ccccc2C(F)(F)F)ccc1N1CCCC1. The van der Waals surface area contributed by atoms with E-state index in [-0.39, 0.29) is 11.6 Å². The van der Waals surface area contributed by atoms with E-state index in [0.29, 0.717) is 17.8 Å². The number of amides is 3. The molecular weight excluding hydrogens is 409 g/mol. The highest BCUT2D eigenvalue weighted by atomic mass is 19.4. The summed E-state index contributed by atoms with van der Waals surface area (Å²) in [5, 5.41) is 7.60. The summed E-state index contributed by atoms with van der Waals surface area (Å²) in [4.78, 5) is 27.1. The summed E-state index contributed by atoms with van der Waals surface area (Å²) in [6.45, 7) is 4.15. The number of alkyl halides is 3. The molecule has 1 heterocycles. The molecule has 3 N–H and O–H groups in total. The maximum Gasteiger partial charge on any atom is 0.418 e. The molecule has 2 aromatic carbocycles. The molecule has 0 atom stereocenters. The molecular formula is C22H25F3N4O2. The lowest BCUT2D eigenvalue weighted by Gasteiger charge is -2.22. The lowest BCUT2D eigenvalue weighted by atomic mass is 10.1. The minimum Gasteiger partial charge on any atom is -0.371 e. The normalized spacial score (nSPS) is 13.7. The van der Waals surface area contributed by atoms with Crippen molar-refractivity contribution in [1.82, 2.24) is 5.32 Å². The molecule has 1 aliphatic rings. The van der Waals surface area contributed by atoms with Crippen LogP contribution < -0.4 is 20.9 Å². The molecule has 3 rings (SSSR count). The number of para-hydroxylation sites is 1. The molecule has 0 unspecified atom stereocenters. The molecule has 0 saturated carbocycles. The van der Waals surface area contributed by atoms with Gasteiger partial charge >= 0.3 is 12.2 Å². The van der Waals surface area contributed by atoms with Crippen LogP contribution in [-0.4, -0.2) is 31.6 Å². The highest BCUT2D eigenvalue weighted by Crippen LogP contribution is 2.34. The summed E-state index contributed by atoms with van der Waals surface area (Å²) < 4.78 is 39.4. The molecule has 166 valence electrons. The first-order chi connectivity index (χ1) is 14.8. The Morgan fingerprint density at radius 1 is 1.03 bits per heavy atom. The molecule has 0 aromatic heterocycles. The minimum absolute atomic E-state index is 0.254. The minimum atomic E-state index is -4.59. The van der Waals surface area contributed by atoms with Gasteiger partial charge in [-0.1, -0.05) is 19.1 Å². The average molecular weight is 434 g/mol. The van der Waals surface area contributed by atoms with Crippen LogP contribution in [0.4, 0.5) is 35.0 Å². The van der Waals surface area contributed by atoms with Crippen LogP contribution in [-0.2, 0) is 6.18 Å². The zero-order chi connectivity index (χ0) is 22.4. The molecule has 1 fully saturated rings. The van der Waals surface area contributed by atoms with Gasteiger partial charge in [0.1, 0.15) is 0 Å². The van der Waals surface area contributed by atoms with Crippen molar-refractivity contribution < 1.29 is 22.8 Å². The van der Waals surface area contributed by atoms with Crippen LogP contribution in [0.15, 0.2) is 42.5 Å². The molecule has 3 amide bonds. The van der Waals surface area contributed by atoms with Gasteiger partial charge in [-0.3, -0.25) is 4.79 Å². The molecule has 31 heavy (non-hydrogen) atoms. The highest BCUT2D eigenvalue weighted by molar-refractivity contribution is 6.04. The molecule has 9 heteroatoms. The Bertz CT molecular complexity index is 941. The summed E-state index contributed by atoms with van der Waals surface area (Å²) in [6.07, 6.45) is -1.73. The van der Waals surface area contributed by atoms with E-state index in [9.17, 15) is 22.8 Å². The lowest BCUT2D eigenvalue weighted by molar-refractivity contribution is -0.136. The third-order valence-corrected chi connectivity index (χ3v) is 4.96. The zero-order valence-corrected chi connectivity index (χ0v) is 17.2. The number of halogens is 3. The van der Waals surface area contributed by atoms with Crippen molar-refractivity contribution in [2.45, 2.75) is 32.4 Å². The van der Waals surface area contributed by atoms with E-state index < -0.39 is 17.8 Å². The van der Waals surface area contributed by atoms with Crippen LogP contribution in [0.1, 0.15) is 42.1 Å². The van der Waals surface area contributed by atoms with Crippen molar-refractivity contribution >= 4 is 29.0 Å². The second-order valence-electron chi connectivity index (χ2n) is 7.30. The Balaban J connectivity index is 1.80. The maximum atomic E-state index is 13.1. The topological polar surface area (TPSA) is 73.5 Å². The van der Waals surface area contributed by atoms with E-state index in [4.69, 9.17) is 0 Å². The number of hydrogen-bond donors (Lipinski definition) is 3. The molecule has 0 bridgehead atoms. The maximum absolute atomic E-state index is 13.1. The Morgan fingerprint density at radius 3 is 2.42 bits per heavy atom. The van der Waals surface area contributed by atoms with Crippen molar-refractivity contribution in [1.29, 1.82) is 0 Å². The van der Waals surface area contributed by atoms with E-state index in [0.717, 1.165) is 44.1 Å². The van der Waals surface area contributed by atoms with E-state index in [2.05, 4.69) is 20.9 Å². The number of benzene rings is 2. The van der Waals surface area contributed by atoms with E-state index in [1.54, 1.807) is 18.2 Å². The smallest absolute Gasteiger partial charge is 0.371 e. The first kappa shape index (κ1) is 22.5. The van der Waals surface area contributed by atoms with Gasteiger partial charge in [-0.15, -0.1) is 0 Å². The summed E-state index contributed by atoms with van der Waals surface area (Å²) in [5.74, 6) is -0.254. The van der Waals surface area contributed by atoms with E-state index >= 15 is 0 Å². The van der Waals surface area contributed by atoms with Gasteiger partial charge in [0, 0.05) is 31.0 Å². The number of nitrogens with one attached hydrogen (secondary N) is 3. The van der Waals surface area contributed by atoms with Crippen LogP contribution in [0, 0.1) is 0 Å². The molecule has 2 aromatic rings. The Hall–Kier alpha value is -3.23. The molecule has 1 aliphatic heterocycles. The first-order valence-corrected chi connectivity index (χ1v) is 10.2. The van der Waals surface area contributed by atoms with Gasteiger partial charge in [0.25, 0.3) is 5.91 Å². The van der Waals surface area contributed by atoms with Crippen molar-refractivity contribution in [2.24, 2.45) is 0 Å². The Labute approximate surface area is 178 Å². The summed E-state index contributed by atoms with van der Waals surface area (Å²) in [7, 11) is 0. The van der Waals surface area contributed by atoms with E-state index in [1.165, 1.54) is 18.2 Å². The van der Waals surface area contributed by atoms with Gasteiger partial charge in [-0.05, 0) is 49.6 Å². The quantitative estimate of drug-likeness (QED) is 0.593. The number of nitrogens with zero attached hydrogens (tertiary/aromatic N) is 1. The second-order valence-corrected chi connectivity index (χ2v) is 7.30. The Kier molecular flexibility index (Phi) is 7.04. The van der Waals surface area contributed by atoms with Crippen molar-refractivity contribution in [3.8, 4) is 0 Å². The van der Waals surface area contributed by atoms with Crippen molar-refractivity contribution in [2.75, 3.05) is 35.2 Å². The van der Waals surface area contributed by atoms with Gasteiger partial charge in [0.15, 0.2) is 0 Å². The largest absolute Gasteiger partial charge is 0.418 e. The molecule has 0 spiro atoms. The fraction of sp³-hybridized carbons (Fsp3) is 0.364. The average Bonchev–Trinajstić information content (AvgIpc) is 3.26. The fourth-order valence-corrected chi connectivity index (χ4v) is 3.49. The standard InChI is InChI=1S/C22H25F3N4O2/c1-2-11-26-20(30)16-14-15(9-10-19(16)29-12-5-6-13-29)27-21(31)28-18-8-4-3-7-17(18)22(23,24)25/h3-4,7-10,14H,2,5-6,11-13H2,1H3,(H,26,30)(H2,27,28,31). The fourth-order valence-electron chi connectivity index (χ4n) is 3.49. The molecule has 6 nitrogen and oxygen atoms in total. The second kappa shape index (κ2) is 9.72. The number of carbonyl (C=O) groups excluding carboxylic acids is 2. The predicted molar refractivity (Wildman–Crippen MR) is 115 cm³/mol. The van der Waals surface area contributed by atoms with Gasteiger partial charge in [-0.25, -0.2) is 4.79 Å². The van der Waals surface area contributed by atoms with Crippen molar-refractivity contribution in [3.63, 3.8) is 0 Å². The molecule has 1 saturated heterocycles. The Morgan fingerprint density at radius 2 is 1.74 bits per heavy atom. The monoisotopic (exact) mass is 434 g/mol.